The summed E-state index contributed by atoms with van der Waals surface area (Å²) in [4.78, 5) is 0. The van der Waals surface area contributed by atoms with Crippen LogP contribution < -0.4 is 0 Å². The van der Waals surface area contributed by atoms with Crippen LogP contribution >= 0.6 is 15.9 Å². The topological polar surface area (TPSA) is 43.4 Å². The highest BCUT2D eigenvalue weighted by atomic mass is 79.9. The molecule has 1 rings (SSSR count). The van der Waals surface area contributed by atoms with E-state index in [1.807, 2.05) is 0 Å². The van der Waals surface area contributed by atoms with Gasteiger partial charge in [0.15, 0.2) is 0 Å². The Morgan fingerprint density at radius 2 is 1.55 bits per heavy atom. The van der Waals surface area contributed by atoms with Crippen LogP contribution in [-0.4, -0.2) is 26.5 Å². The van der Waals surface area contributed by atoms with Gasteiger partial charge in [-0.3, -0.25) is 4.18 Å². The molecule has 0 aliphatic carbocycles. The van der Waals surface area contributed by atoms with E-state index in [0.717, 1.165) is 0 Å². The molecule has 0 amide bonds. The minimum Gasteiger partial charge on any atom is -0.257 e. The lowest BCUT2D eigenvalue weighted by atomic mass is 10.1. The van der Waals surface area contributed by atoms with E-state index in [1.54, 1.807) is 0 Å². The van der Waals surface area contributed by atoms with Crippen LogP contribution in [-0.2, 0) is 20.7 Å². The molecule has 3 nitrogen and oxygen atoms in total. The highest BCUT2D eigenvalue weighted by Crippen LogP contribution is 2.28. The summed E-state index contributed by atoms with van der Waals surface area (Å²) in [6, 6.07) is 5.60. The summed E-state index contributed by atoms with van der Waals surface area (Å²) < 4.78 is 87.5. The van der Waals surface area contributed by atoms with E-state index in [2.05, 4.69) is 20.1 Å². The van der Waals surface area contributed by atoms with E-state index in [-0.39, 0.29) is 5.56 Å². The number of benzene rings is 1. The SMILES string of the molecule is O=S(=O)(OCC(F)(F)Cc1ccc(Br)cc1)C(F)(F)F. The fourth-order valence-corrected chi connectivity index (χ4v) is 1.91. The smallest absolute Gasteiger partial charge is 0.257 e. The number of hydrogen-bond acceptors (Lipinski definition) is 3. The molecular formula is C10H8BrF5O3S. The van der Waals surface area contributed by atoms with Crippen LogP contribution in [0.5, 0.6) is 0 Å². The monoisotopic (exact) mass is 382 g/mol. The van der Waals surface area contributed by atoms with Crippen LogP contribution in [0.15, 0.2) is 28.7 Å². The summed E-state index contributed by atoms with van der Waals surface area (Å²) in [6.07, 6.45) is -0.937. The Labute approximate surface area is 120 Å². The van der Waals surface area contributed by atoms with E-state index in [9.17, 15) is 30.4 Å². The molecule has 114 valence electrons. The van der Waals surface area contributed by atoms with Gasteiger partial charge in [-0.2, -0.15) is 21.6 Å². The van der Waals surface area contributed by atoms with Crippen LogP contribution in [0.25, 0.3) is 0 Å². The van der Waals surface area contributed by atoms with Crippen molar-refractivity contribution in [3.63, 3.8) is 0 Å². The van der Waals surface area contributed by atoms with E-state index < -0.39 is 34.6 Å². The summed E-state index contributed by atoms with van der Waals surface area (Å²) in [5, 5.41) is 0. The van der Waals surface area contributed by atoms with Gasteiger partial charge in [0, 0.05) is 10.9 Å². The fourth-order valence-electron chi connectivity index (χ4n) is 1.18. The van der Waals surface area contributed by atoms with Gasteiger partial charge in [0.1, 0.15) is 6.61 Å². The molecule has 0 aliphatic rings. The maximum absolute atomic E-state index is 13.4. The Kier molecular flexibility index (Phi) is 5.14. The van der Waals surface area contributed by atoms with Crippen molar-refractivity contribution in [1.29, 1.82) is 0 Å². The Hall–Kier alpha value is -0.740. The summed E-state index contributed by atoms with van der Waals surface area (Å²) in [7, 11) is -6.02. The van der Waals surface area contributed by atoms with Crippen LogP contribution in [0.1, 0.15) is 5.56 Å². The minimum absolute atomic E-state index is 0.131. The molecule has 1 aromatic carbocycles. The Balaban J connectivity index is 2.69. The minimum atomic E-state index is -6.02. The van der Waals surface area contributed by atoms with Gasteiger partial charge in [-0.15, -0.1) is 0 Å². The molecule has 0 atom stereocenters. The van der Waals surface area contributed by atoms with Crippen molar-refractivity contribution in [2.45, 2.75) is 17.9 Å². The third-order valence-corrected chi connectivity index (χ3v) is 3.61. The van der Waals surface area contributed by atoms with Crippen molar-refractivity contribution in [2.24, 2.45) is 0 Å². The van der Waals surface area contributed by atoms with Crippen molar-refractivity contribution in [3.8, 4) is 0 Å². The summed E-state index contributed by atoms with van der Waals surface area (Å²) in [6.45, 7) is -1.87. The number of halogens is 6. The second-order valence-electron chi connectivity index (χ2n) is 3.82. The zero-order valence-electron chi connectivity index (χ0n) is 9.62. The Morgan fingerprint density at radius 3 is 2.00 bits per heavy atom. The van der Waals surface area contributed by atoms with Crippen molar-refractivity contribution < 1.29 is 34.6 Å². The predicted octanol–water partition coefficient (Wildman–Crippen LogP) is 3.49. The molecule has 0 aliphatic heterocycles. The molecule has 0 unspecified atom stereocenters. The molecule has 0 N–H and O–H groups in total. The van der Waals surface area contributed by atoms with Crippen LogP contribution in [0.3, 0.4) is 0 Å². The highest BCUT2D eigenvalue weighted by Gasteiger charge is 2.49. The fraction of sp³-hybridized carbons (Fsp3) is 0.400. The number of rotatable bonds is 5. The van der Waals surface area contributed by atoms with Gasteiger partial charge in [-0.05, 0) is 17.7 Å². The third-order valence-electron chi connectivity index (χ3n) is 2.08. The van der Waals surface area contributed by atoms with E-state index >= 15 is 0 Å². The van der Waals surface area contributed by atoms with Gasteiger partial charge in [-0.25, -0.2) is 8.78 Å². The first-order valence-electron chi connectivity index (χ1n) is 5.01. The molecule has 0 saturated carbocycles. The van der Waals surface area contributed by atoms with Crippen LogP contribution in [0.2, 0.25) is 0 Å². The molecule has 0 saturated heterocycles. The van der Waals surface area contributed by atoms with Crippen molar-refractivity contribution in [1.82, 2.24) is 0 Å². The molecule has 0 fully saturated rings. The average Bonchev–Trinajstić information content (AvgIpc) is 2.28. The lowest BCUT2D eigenvalue weighted by Crippen LogP contribution is -2.33. The first kappa shape index (κ1) is 17.3. The van der Waals surface area contributed by atoms with Gasteiger partial charge >= 0.3 is 15.6 Å². The number of alkyl halides is 5. The average molecular weight is 383 g/mol. The standard InChI is InChI=1S/C10H8BrF5O3S/c11-8-3-1-7(2-4-8)5-9(12,13)6-19-20(17,18)10(14,15)16/h1-4H,5-6H2. The van der Waals surface area contributed by atoms with Gasteiger partial charge in [0.2, 0.25) is 0 Å². The molecule has 0 bridgehead atoms. The Bertz CT molecular complexity index is 553. The first-order chi connectivity index (χ1) is 8.93. The lowest BCUT2D eigenvalue weighted by Gasteiger charge is -2.17. The quantitative estimate of drug-likeness (QED) is 0.444. The number of hydrogen-bond donors (Lipinski definition) is 0. The molecule has 1 aromatic rings. The Morgan fingerprint density at radius 1 is 1.05 bits per heavy atom. The predicted molar refractivity (Wildman–Crippen MR) is 63.7 cm³/mol. The van der Waals surface area contributed by atoms with Crippen molar-refractivity contribution >= 4 is 26.0 Å². The summed E-state index contributed by atoms with van der Waals surface area (Å²) in [5.74, 6) is -3.74. The van der Waals surface area contributed by atoms with Crippen molar-refractivity contribution in [3.05, 3.63) is 34.3 Å². The lowest BCUT2D eigenvalue weighted by molar-refractivity contribution is -0.0717. The summed E-state index contributed by atoms with van der Waals surface area (Å²) in [5.41, 5.74) is -5.59. The third kappa shape index (κ3) is 4.98. The zero-order chi connectivity index (χ0) is 15.6. The zero-order valence-corrected chi connectivity index (χ0v) is 12.0. The normalized spacial score (nSPS) is 13.5. The van der Waals surface area contributed by atoms with E-state index in [1.165, 1.54) is 24.3 Å². The largest absolute Gasteiger partial charge is 0.523 e. The molecule has 10 heteroatoms. The van der Waals surface area contributed by atoms with Gasteiger partial charge in [0.25, 0.3) is 5.92 Å². The second-order valence-corrected chi connectivity index (χ2v) is 6.34. The van der Waals surface area contributed by atoms with E-state index in [4.69, 9.17) is 0 Å². The molecule has 0 heterocycles. The van der Waals surface area contributed by atoms with Crippen molar-refractivity contribution in [2.75, 3.05) is 6.61 Å². The highest BCUT2D eigenvalue weighted by molar-refractivity contribution is 9.10. The second kappa shape index (κ2) is 5.94. The van der Waals surface area contributed by atoms with Crippen LogP contribution in [0.4, 0.5) is 22.0 Å². The van der Waals surface area contributed by atoms with Gasteiger partial charge in [0.05, 0.1) is 0 Å². The van der Waals surface area contributed by atoms with Gasteiger partial charge in [-0.1, -0.05) is 28.1 Å². The molecule has 20 heavy (non-hydrogen) atoms. The van der Waals surface area contributed by atoms with Gasteiger partial charge < -0.3 is 0 Å². The maximum Gasteiger partial charge on any atom is 0.523 e. The van der Waals surface area contributed by atoms with E-state index in [0.29, 0.717) is 4.47 Å². The summed E-state index contributed by atoms with van der Waals surface area (Å²) >= 11 is 3.09. The first-order valence-corrected chi connectivity index (χ1v) is 7.21. The molecule has 0 radical (unpaired) electrons. The maximum atomic E-state index is 13.4. The molecule has 0 spiro atoms. The molecule has 0 aromatic heterocycles. The van der Waals surface area contributed by atoms with Crippen LogP contribution in [0, 0.1) is 0 Å². The molecular weight excluding hydrogens is 375 g/mol.